The Kier molecular flexibility index (Phi) is 4.19. The lowest BCUT2D eigenvalue weighted by atomic mass is 10.2. The number of halogens is 3. The van der Waals surface area contributed by atoms with Crippen LogP contribution in [0.15, 0.2) is 35.6 Å². The van der Waals surface area contributed by atoms with Crippen LogP contribution in [0.5, 0.6) is 0 Å². The topological polar surface area (TPSA) is 82.7 Å². The van der Waals surface area contributed by atoms with Crippen molar-refractivity contribution < 1.29 is 21.6 Å². The molecule has 1 aromatic carbocycles. The Bertz CT molecular complexity index is 1370. The van der Waals surface area contributed by atoms with Gasteiger partial charge in [-0.15, -0.1) is 0 Å². The molecule has 0 aliphatic rings. The molecule has 0 unspecified atom stereocenters. The third-order valence-corrected chi connectivity index (χ3v) is 6.61. The highest BCUT2D eigenvalue weighted by Crippen LogP contribution is 2.34. The first-order valence-corrected chi connectivity index (χ1v) is 10.3. The lowest BCUT2D eigenvalue weighted by Gasteiger charge is -2.10. The van der Waals surface area contributed by atoms with Gasteiger partial charge < -0.3 is 9.13 Å². The van der Waals surface area contributed by atoms with E-state index in [9.17, 15) is 21.6 Å². The predicted molar refractivity (Wildman–Crippen MR) is 101 cm³/mol. The van der Waals surface area contributed by atoms with E-state index in [1.807, 2.05) is 0 Å². The summed E-state index contributed by atoms with van der Waals surface area (Å²) in [6, 6.07) is 3.97. The fourth-order valence-corrected chi connectivity index (χ4v) is 4.31. The van der Waals surface area contributed by atoms with E-state index in [-0.39, 0.29) is 27.6 Å². The standard InChI is InChI=1S/C18H16F3N5O2S/c1-4-29(27,28)15-7-13-11(23-9-25(13)2)5-10(15)17-24-12-6-16(18(19,20)21)22-8-14(12)26(17)3/h5-9H,4H2,1-3H3. The monoisotopic (exact) mass is 423 g/mol. The molecular weight excluding hydrogens is 407 g/mol. The van der Waals surface area contributed by atoms with E-state index >= 15 is 0 Å². The zero-order chi connectivity index (χ0) is 21.1. The van der Waals surface area contributed by atoms with Gasteiger partial charge in [0.25, 0.3) is 0 Å². The maximum Gasteiger partial charge on any atom is 0.433 e. The van der Waals surface area contributed by atoms with Crippen LogP contribution in [0, 0.1) is 0 Å². The average Bonchev–Trinajstić information content (AvgIpc) is 3.20. The highest BCUT2D eigenvalue weighted by Gasteiger charge is 2.33. The second-order valence-corrected chi connectivity index (χ2v) is 8.89. The summed E-state index contributed by atoms with van der Waals surface area (Å²) in [5.74, 6) is 0.0910. The first-order chi connectivity index (χ1) is 13.5. The molecule has 3 heterocycles. The van der Waals surface area contributed by atoms with Crippen LogP contribution in [0.3, 0.4) is 0 Å². The van der Waals surface area contributed by atoms with E-state index in [0.717, 1.165) is 12.3 Å². The SMILES string of the molecule is CCS(=O)(=O)c1cc2c(cc1-c1nc3cc(C(F)(F)F)ncc3n1C)ncn2C. The summed E-state index contributed by atoms with van der Waals surface area (Å²) in [4.78, 5) is 12.1. The fourth-order valence-electron chi connectivity index (χ4n) is 3.23. The molecule has 0 spiro atoms. The number of imidazole rings is 2. The van der Waals surface area contributed by atoms with Crippen molar-refractivity contribution in [2.75, 3.05) is 5.75 Å². The van der Waals surface area contributed by atoms with Crippen molar-refractivity contribution in [1.29, 1.82) is 0 Å². The molecule has 4 rings (SSSR count). The number of sulfone groups is 1. The summed E-state index contributed by atoms with van der Waals surface area (Å²) < 4.78 is 67.7. The number of hydrogen-bond acceptors (Lipinski definition) is 5. The van der Waals surface area contributed by atoms with Crippen LogP contribution >= 0.6 is 0 Å². The smallest absolute Gasteiger partial charge is 0.334 e. The number of rotatable bonds is 3. The van der Waals surface area contributed by atoms with E-state index in [1.54, 1.807) is 31.1 Å². The molecule has 29 heavy (non-hydrogen) atoms. The van der Waals surface area contributed by atoms with Gasteiger partial charge in [-0.05, 0) is 18.2 Å². The number of aryl methyl sites for hydroxylation is 2. The third kappa shape index (κ3) is 3.05. The Morgan fingerprint density at radius 1 is 1.03 bits per heavy atom. The molecule has 0 radical (unpaired) electrons. The predicted octanol–water partition coefficient (Wildman–Crippen LogP) is 3.33. The van der Waals surface area contributed by atoms with Gasteiger partial charge >= 0.3 is 6.18 Å². The number of benzene rings is 1. The van der Waals surface area contributed by atoms with Crippen molar-refractivity contribution >= 4 is 31.9 Å². The lowest BCUT2D eigenvalue weighted by molar-refractivity contribution is -0.141. The van der Waals surface area contributed by atoms with Crippen LogP contribution < -0.4 is 0 Å². The molecular formula is C18H16F3N5O2S. The molecule has 0 aliphatic carbocycles. The highest BCUT2D eigenvalue weighted by atomic mass is 32.2. The van der Waals surface area contributed by atoms with Gasteiger partial charge in [-0.2, -0.15) is 13.2 Å². The van der Waals surface area contributed by atoms with E-state index in [4.69, 9.17) is 0 Å². The van der Waals surface area contributed by atoms with Crippen molar-refractivity contribution in [3.63, 3.8) is 0 Å². The first-order valence-electron chi connectivity index (χ1n) is 8.61. The first kappa shape index (κ1) is 19.4. The molecule has 0 N–H and O–H groups in total. The zero-order valence-electron chi connectivity index (χ0n) is 15.7. The van der Waals surface area contributed by atoms with Crippen molar-refractivity contribution in [1.82, 2.24) is 24.1 Å². The summed E-state index contributed by atoms with van der Waals surface area (Å²) >= 11 is 0. The zero-order valence-corrected chi connectivity index (χ0v) is 16.5. The Morgan fingerprint density at radius 3 is 2.41 bits per heavy atom. The van der Waals surface area contributed by atoms with Gasteiger partial charge in [0, 0.05) is 19.7 Å². The number of fused-ring (bicyclic) bond motifs is 2. The number of hydrogen-bond donors (Lipinski definition) is 0. The summed E-state index contributed by atoms with van der Waals surface area (Å²) in [5.41, 5.74) is 0.834. The number of aromatic nitrogens is 5. The maximum atomic E-state index is 13.0. The number of nitrogens with zero attached hydrogens (tertiary/aromatic N) is 5. The van der Waals surface area contributed by atoms with Crippen LogP contribution in [0.1, 0.15) is 12.6 Å². The van der Waals surface area contributed by atoms with E-state index < -0.39 is 21.7 Å². The van der Waals surface area contributed by atoms with E-state index in [1.165, 1.54) is 17.6 Å². The van der Waals surface area contributed by atoms with Gasteiger partial charge in [-0.1, -0.05) is 6.92 Å². The van der Waals surface area contributed by atoms with Gasteiger partial charge in [0.05, 0.1) is 45.2 Å². The molecule has 0 aliphatic heterocycles. The Hall–Kier alpha value is -2.95. The summed E-state index contributed by atoms with van der Waals surface area (Å²) in [5, 5.41) is 0. The largest absolute Gasteiger partial charge is 0.433 e. The van der Waals surface area contributed by atoms with E-state index in [0.29, 0.717) is 16.6 Å². The summed E-state index contributed by atoms with van der Waals surface area (Å²) in [6.07, 6.45) is -1.96. The van der Waals surface area contributed by atoms with Crippen LogP contribution in [0.4, 0.5) is 13.2 Å². The van der Waals surface area contributed by atoms with Gasteiger partial charge in [-0.25, -0.2) is 23.4 Å². The fraction of sp³-hybridized carbons (Fsp3) is 0.278. The Morgan fingerprint density at radius 2 is 1.76 bits per heavy atom. The minimum atomic E-state index is -4.60. The highest BCUT2D eigenvalue weighted by molar-refractivity contribution is 7.91. The maximum absolute atomic E-state index is 13.0. The Balaban J connectivity index is 2.04. The number of pyridine rings is 1. The van der Waals surface area contributed by atoms with Crippen LogP contribution in [0.2, 0.25) is 0 Å². The second kappa shape index (κ2) is 6.28. The average molecular weight is 423 g/mol. The molecule has 0 amide bonds. The summed E-state index contributed by atoms with van der Waals surface area (Å²) in [7, 11) is -0.290. The molecule has 7 nitrogen and oxygen atoms in total. The molecule has 0 fully saturated rings. The van der Waals surface area contributed by atoms with Gasteiger partial charge in [0.2, 0.25) is 0 Å². The van der Waals surface area contributed by atoms with Gasteiger partial charge in [0.1, 0.15) is 11.5 Å². The molecule has 0 saturated carbocycles. The molecule has 0 saturated heterocycles. The normalized spacial score (nSPS) is 12.9. The molecule has 11 heteroatoms. The van der Waals surface area contributed by atoms with Crippen molar-refractivity contribution in [3.8, 4) is 11.4 Å². The van der Waals surface area contributed by atoms with Crippen LogP contribution in [0.25, 0.3) is 33.5 Å². The van der Waals surface area contributed by atoms with Gasteiger partial charge in [0.15, 0.2) is 9.84 Å². The molecule has 4 aromatic rings. The third-order valence-electron chi connectivity index (χ3n) is 4.84. The van der Waals surface area contributed by atoms with Crippen LogP contribution in [-0.4, -0.2) is 38.3 Å². The lowest BCUT2D eigenvalue weighted by Crippen LogP contribution is -2.08. The second-order valence-electron chi connectivity index (χ2n) is 6.65. The Labute approximate surface area is 163 Å². The molecule has 0 bridgehead atoms. The molecule has 152 valence electrons. The van der Waals surface area contributed by atoms with Crippen molar-refractivity contribution in [2.45, 2.75) is 18.0 Å². The quantitative estimate of drug-likeness (QED) is 0.505. The van der Waals surface area contributed by atoms with Crippen molar-refractivity contribution in [3.05, 3.63) is 36.4 Å². The van der Waals surface area contributed by atoms with Gasteiger partial charge in [-0.3, -0.25) is 0 Å². The van der Waals surface area contributed by atoms with E-state index in [2.05, 4.69) is 15.0 Å². The molecule has 3 aromatic heterocycles. The van der Waals surface area contributed by atoms with Crippen LogP contribution in [-0.2, 0) is 30.1 Å². The minimum absolute atomic E-state index is 0.0542. The molecule has 0 atom stereocenters. The summed E-state index contributed by atoms with van der Waals surface area (Å²) in [6.45, 7) is 1.53. The number of alkyl halides is 3. The van der Waals surface area contributed by atoms with Crippen molar-refractivity contribution in [2.24, 2.45) is 14.1 Å². The minimum Gasteiger partial charge on any atom is -0.334 e.